The molecule has 0 saturated carbocycles. The summed E-state index contributed by atoms with van der Waals surface area (Å²) < 4.78 is 66.7. The molecule has 1 aliphatic rings. The minimum Gasteiger partial charge on any atom is -0.494 e. The Morgan fingerprint density at radius 2 is 1.09 bits per heavy atom. The van der Waals surface area contributed by atoms with Gasteiger partial charge in [-0.3, -0.25) is 0 Å². The molecule has 1 saturated heterocycles. The monoisotopic (exact) mass is 496 g/mol. The van der Waals surface area contributed by atoms with Crippen molar-refractivity contribution in [1.29, 1.82) is 0 Å². The number of aryl methyl sites for hydroxylation is 2. The Bertz CT molecular complexity index is 1100. The van der Waals surface area contributed by atoms with Crippen molar-refractivity contribution in [1.82, 2.24) is 8.61 Å². The van der Waals surface area contributed by atoms with Gasteiger partial charge < -0.3 is 9.47 Å². The van der Waals surface area contributed by atoms with Crippen LogP contribution < -0.4 is 9.47 Å². The van der Waals surface area contributed by atoms with Gasteiger partial charge in [0.05, 0.1) is 23.0 Å². The zero-order valence-electron chi connectivity index (χ0n) is 19.6. The van der Waals surface area contributed by atoms with Crippen LogP contribution in [0.2, 0.25) is 0 Å². The fraction of sp³-hybridized carbons (Fsp3) is 0.478. The zero-order chi connectivity index (χ0) is 24.2. The van der Waals surface area contributed by atoms with Gasteiger partial charge >= 0.3 is 0 Å². The molecule has 8 nitrogen and oxygen atoms in total. The summed E-state index contributed by atoms with van der Waals surface area (Å²) >= 11 is 0. The Labute approximate surface area is 197 Å². The smallest absolute Gasteiger partial charge is 0.243 e. The molecular weight excluding hydrogens is 464 g/mol. The molecule has 0 spiro atoms. The Kier molecular flexibility index (Phi) is 8.04. The van der Waals surface area contributed by atoms with Crippen LogP contribution in [0.4, 0.5) is 0 Å². The molecule has 0 aromatic heterocycles. The van der Waals surface area contributed by atoms with Crippen molar-refractivity contribution in [2.24, 2.45) is 0 Å². The lowest BCUT2D eigenvalue weighted by Gasteiger charge is -2.22. The van der Waals surface area contributed by atoms with Crippen molar-refractivity contribution < 1.29 is 26.3 Å². The maximum Gasteiger partial charge on any atom is 0.243 e. The molecule has 0 bridgehead atoms. The van der Waals surface area contributed by atoms with Gasteiger partial charge in [-0.25, -0.2) is 16.8 Å². The summed E-state index contributed by atoms with van der Waals surface area (Å²) in [6.45, 7) is 9.03. The fourth-order valence-electron chi connectivity index (χ4n) is 3.85. The van der Waals surface area contributed by atoms with E-state index >= 15 is 0 Å². The maximum atomic E-state index is 13.2. The lowest BCUT2D eigenvalue weighted by Crippen LogP contribution is -2.37. The van der Waals surface area contributed by atoms with Crippen molar-refractivity contribution in [3.05, 3.63) is 47.5 Å². The van der Waals surface area contributed by atoms with Crippen LogP contribution in [-0.4, -0.2) is 64.8 Å². The summed E-state index contributed by atoms with van der Waals surface area (Å²) in [5.74, 6) is 1.30. The second-order valence-electron chi connectivity index (χ2n) is 7.88. The molecule has 2 aromatic rings. The standard InChI is InChI=1S/C23H32N2O6S2/c1-5-30-22-10-8-20(16-18(22)3)32(26,27)24-12-7-13-25(15-14-24)33(28,29)21-9-11-23(31-6-2)19(4)17-21/h8-11,16-17H,5-7,12-15H2,1-4H3. The molecule has 10 heteroatoms. The molecule has 1 heterocycles. The largest absolute Gasteiger partial charge is 0.494 e. The molecule has 2 aromatic carbocycles. The van der Waals surface area contributed by atoms with Gasteiger partial charge in [-0.2, -0.15) is 8.61 Å². The normalized spacial score (nSPS) is 16.4. The molecule has 0 unspecified atom stereocenters. The average Bonchev–Trinajstić information content (AvgIpc) is 3.04. The maximum absolute atomic E-state index is 13.2. The molecule has 0 atom stereocenters. The Morgan fingerprint density at radius 3 is 1.42 bits per heavy atom. The van der Waals surface area contributed by atoms with E-state index in [-0.39, 0.29) is 36.0 Å². The first kappa shape index (κ1) is 25.5. The third-order valence-electron chi connectivity index (χ3n) is 5.58. The number of rotatable bonds is 8. The van der Waals surface area contributed by atoms with Crippen LogP contribution in [0.3, 0.4) is 0 Å². The van der Waals surface area contributed by atoms with E-state index in [9.17, 15) is 16.8 Å². The molecule has 1 aliphatic heterocycles. The van der Waals surface area contributed by atoms with Gasteiger partial charge in [0.1, 0.15) is 11.5 Å². The van der Waals surface area contributed by atoms with Crippen molar-refractivity contribution in [2.75, 3.05) is 39.4 Å². The van der Waals surface area contributed by atoms with Crippen LogP contribution >= 0.6 is 0 Å². The summed E-state index contributed by atoms with van der Waals surface area (Å²) in [6.07, 6.45) is 0.407. The van der Waals surface area contributed by atoms with Gasteiger partial charge in [0, 0.05) is 26.2 Å². The van der Waals surface area contributed by atoms with Crippen LogP contribution in [0.25, 0.3) is 0 Å². The molecular formula is C23H32N2O6S2. The van der Waals surface area contributed by atoms with Crippen molar-refractivity contribution in [3.63, 3.8) is 0 Å². The van der Waals surface area contributed by atoms with E-state index in [0.29, 0.717) is 31.1 Å². The summed E-state index contributed by atoms with van der Waals surface area (Å²) in [4.78, 5) is 0.365. The highest BCUT2D eigenvalue weighted by atomic mass is 32.2. The van der Waals surface area contributed by atoms with E-state index in [2.05, 4.69) is 0 Å². The van der Waals surface area contributed by atoms with Gasteiger partial charge in [0.15, 0.2) is 0 Å². The Balaban J connectivity index is 1.78. The van der Waals surface area contributed by atoms with Crippen molar-refractivity contribution >= 4 is 20.0 Å². The van der Waals surface area contributed by atoms with E-state index in [0.717, 1.165) is 11.1 Å². The minimum atomic E-state index is -3.75. The van der Waals surface area contributed by atoms with E-state index in [1.807, 2.05) is 13.8 Å². The number of sulfonamides is 2. The molecule has 0 amide bonds. The minimum absolute atomic E-state index is 0.0871. The Morgan fingerprint density at radius 1 is 0.697 bits per heavy atom. The highest BCUT2D eigenvalue weighted by Gasteiger charge is 2.32. The van der Waals surface area contributed by atoms with Gasteiger partial charge in [-0.15, -0.1) is 0 Å². The first-order valence-corrected chi connectivity index (χ1v) is 14.0. The third-order valence-corrected chi connectivity index (χ3v) is 9.37. The number of hydrogen-bond donors (Lipinski definition) is 0. The van der Waals surface area contributed by atoms with Crippen LogP contribution in [0.15, 0.2) is 46.2 Å². The lowest BCUT2D eigenvalue weighted by atomic mass is 10.2. The van der Waals surface area contributed by atoms with Crippen molar-refractivity contribution in [2.45, 2.75) is 43.9 Å². The second kappa shape index (κ2) is 10.4. The number of benzene rings is 2. The predicted molar refractivity (Wildman–Crippen MR) is 127 cm³/mol. The van der Waals surface area contributed by atoms with Crippen LogP contribution in [0, 0.1) is 13.8 Å². The third kappa shape index (κ3) is 5.51. The van der Waals surface area contributed by atoms with E-state index in [1.54, 1.807) is 38.1 Å². The van der Waals surface area contributed by atoms with Gasteiger partial charge in [-0.05, 0) is 81.6 Å². The van der Waals surface area contributed by atoms with E-state index in [4.69, 9.17) is 9.47 Å². The molecule has 3 rings (SSSR count). The highest BCUT2D eigenvalue weighted by molar-refractivity contribution is 7.89. The lowest BCUT2D eigenvalue weighted by molar-refractivity contribution is 0.337. The number of hydrogen-bond acceptors (Lipinski definition) is 6. The number of nitrogens with zero attached hydrogens (tertiary/aromatic N) is 2. The first-order valence-electron chi connectivity index (χ1n) is 11.1. The van der Waals surface area contributed by atoms with Crippen molar-refractivity contribution in [3.8, 4) is 11.5 Å². The van der Waals surface area contributed by atoms with Gasteiger partial charge in [0.25, 0.3) is 0 Å². The quantitative estimate of drug-likeness (QED) is 0.557. The van der Waals surface area contributed by atoms with Gasteiger partial charge in [0.2, 0.25) is 20.0 Å². The van der Waals surface area contributed by atoms with E-state index in [1.165, 1.54) is 20.7 Å². The van der Waals surface area contributed by atoms with E-state index < -0.39 is 20.0 Å². The molecule has 0 aliphatic carbocycles. The topological polar surface area (TPSA) is 93.2 Å². The highest BCUT2D eigenvalue weighted by Crippen LogP contribution is 2.27. The van der Waals surface area contributed by atoms with Crippen LogP contribution in [-0.2, 0) is 20.0 Å². The zero-order valence-corrected chi connectivity index (χ0v) is 21.2. The molecule has 33 heavy (non-hydrogen) atoms. The summed E-state index contributed by atoms with van der Waals surface area (Å²) in [6, 6.07) is 9.60. The summed E-state index contributed by atoms with van der Waals surface area (Å²) in [5.41, 5.74) is 1.48. The summed E-state index contributed by atoms with van der Waals surface area (Å²) in [5, 5.41) is 0. The molecule has 0 N–H and O–H groups in total. The average molecular weight is 497 g/mol. The molecule has 0 radical (unpaired) electrons. The second-order valence-corrected chi connectivity index (χ2v) is 11.8. The molecule has 1 fully saturated rings. The SMILES string of the molecule is CCOc1ccc(S(=O)(=O)N2CCCN(S(=O)(=O)c3ccc(OCC)c(C)c3)CC2)cc1C. The van der Waals surface area contributed by atoms with Crippen LogP contribution in [0.1, 0.15) is 31.4 Å². The Hall–Kier alpha value is -2.14. The predicted octanol–water partition coefficient (Wildman–Crippen LogP) is 3.19. The number of ether oxygens (including phenoxy) is 2. The fourth-order valence-corrected chi connectivity index (χ4v) is 6.96. The molecule has 182 valence electrons. The summed E-state index contributed by atoms with van der Waals surface area (Å²) in [7, 11) is -7.50. The first-order chi connectivity index (χ1) is 15.6. The van der Waals surface area contributed by atoms with Gasteiger partial charge in [-0.1, -0.05) is 0 Å². The van der Waals surface area contributed by atoms with Crippen LogP contribution in [0.5, 0.6) is 11.5 Å².